The van der Waals surface area contributed by atoms with Crippen LogP contribution in [0.5, 0.6) is 23.0 Å². The largest absolute Gasteiger partial charge is 0.504 e. The molecule has 0 aromatic heterocycles. The van der Waals surface area contributed by atoms with Crippen LogP contribution in [-0.2, 0) is 4.74 Å². The number of fused-ring (bicyclic) bond motifs is 1. The number of benzene rings is 2. The fourth-order valence-electron chi connectivity index (χ4n) is 3.66. The number of phenolic OH excluding ortho intramolecular Hbond substituents is 1. The van der Waals surface area contributed by atoms with Crippen molar-refractivity contribution in [2.75, 3.05) is 21.3 Å². The summed E-state index contributed by atoms with van der Waals surface area (Å²) in [4.78, 5) is 0. The normalized spacial score (nSPS) is 20.5. The first kappa shape index (κ1) is 19.3. The van der Waals surface area contributed by atoms with E-state index in [1.165, 1.54) is 7.11 Å². The van der Waals surface area contributed by atoms with Crippen LogP contribution in [0.1, 0.15) is 48.7 Å². The van der Waals surface area contributed by atoms with E-state index in [4.69, 9.17) is 18.9 Å². The monoisotopic (exact) mass is 374 g/mol. The van der Waals surface area contributed by atoms with Crippen LogP contribution in [0.25, 0.3) is 0 Å². The zero-order valence-corrected chi connectivity index (χ0v) is 16.2. The number of aliphatic hydroxyl groups is 1. The molecule has 0 aliphatic carbocycles. The molecule has 2 N–H and O–H groups in total. The molecule has 1 aliphatic heterocycles. The minimum atomic E-state index is -0.660. The molecule has 27 heavy (non-hydrogen) atoms. The first-order chi connectivity index (χ1) is 12.9. The van der Waals surface area contributed by atoms with E-state index in [0.717, 1.165) is 16.7 Å². The molecule has 0 saturated heterocycles. The number of rotatable bonds is 6. The van der Waals surface area contributed by atoms with E-state index in [1.54, 1.807) is 33.3 Å². The molecular weight excluding hydrogens is 348 g/mol. The highest BCUT2D eigenvalue weighted by atomic mass is 16.5. The Morgan fingerprint density at radius 2 is 1.74 bits per heavy atom. The van der Waals surface area contributed by atoms with Gasteiger partial charge in [-0.2, -0.15) is 0 Å². The lowest BCUT2D eigenvalue weighted by molar-refractivity contribution is -0.00361. The Morgan fingerprint density at radius 3 is 2.33 bits per heavy atom. The third-order valence-corrected chi connectivity index (χ3v) is 5.07. The average Bonchev–Trinajstić information content (AvgIpc) is 2.99. The Balaban J connectivity index is 2.02. The molecule has 0 bridgehead atoms. The molecule has 4 unspecified atom stereocenters. The molecule has 4 atom stereocenters. The van der Waals surface area contributed by atoms with Crippen molar-refractivity contribution in [3.8, 4) is 23.0 Å². The Labute approximate surface area is 159 Å². The predicted molar refractivity (Wildman–Crippen MR) is 101 cm³/mol. The van der Waals surface area contributed by atoms with Crippen molar-refractivity contribution in [3.05, 3.63) is 47.0 Å². The summed E-state index contributed by atoms with van der Waals surface area (Å²) in [5, 5.41) is 19.9. The molecule has 1 heterocycles. The van der Waals surface area contributed by atoms with E-state index in [2.05, 4.69) is 6.92 Å². The van der Waals surface area contributed by atoms with E-state index < -0.39 is 12.2 Å². The fraction of sp³-hybridized carbons (Fsp3) is 0.429. The van der Waals surface area contributed by atoms with Crippen molar-refractivity contribution >= 4 is 0 Å². The number of hydrogen-bond donors (Lipinski definition) is 2. The molecule has 0 amide bonds. The molecule has 0 spiro atoms. The van der Waals surface area contributed by atoms with Gasteiger partial charge < -0.3 is 29.2 Å². The summed E-state index contributed by atoms with van der Waals surface area (Å²) >= 11 is 0. The second-order valence-electron chi connectivity index (χ2n) is 6.80. The molecule has 0 fully saturated rings. The lowest BCUT2D eigenvalue weighted by atomic mass is 9.90. The topological polar surface area (TPSA) is 77.4 Å². The average molecular weight is 374 g/mol. The lowest BCUT2D eigenvalue weighted by Gasteiger charge is -2.20. The van der Waals surface area contributed by atoms with Gasteiger partial charge in [0.15, 0.2) is 23.0 Å². The third-order valence-electron chi connectivity index (χ3n) is 5.07. The van der Waals surface area contributed by atoms with E-state index in [-0.39, 0.29) is 17.8 Å². The second-order valence-corrected chi connectivity index (χ2v) is 6.80. The van der Waals surface area contributed by atoms with Crippen LogP contribution < -0.4 is 14.2 Å². The van der Waals surface area contributed by atoms with E-state index in [0.29, 0.717) is 17.2 Å². The molecule has 2 aromatic rings. The van der Waals surface area contributed by atoms with E-state index in [9.17, 15) is 10.2 Å². The molecule has 6 nitrogen and oxygen atoms in total. The van der Waals surface area contributed by atoms with Crippen molar-refractivity contribution in [2.24, 2.45) is 0 Å². The van der Waals surface area contributed by atoms with Gasteiger partial charge in [-0.3, -0.25) is 0 Å². The summed E-state index contributed by atoms with van der Waals surface area (Å²) in [7, 11) is 4.68. The first-order valence-corrected chi connectivity index (χ1v) is 8.87. The number of phenols is 1. The minimum Gasteiger partial charge on any atom is -0.504 e. The van der Waals surface area contributed by atoms with Gasteiger partial charge in [0, 0.05) is 18.6 Å². The summed E-state index contributed by atoms with van der Waals surface area (Å²) in [6, 6.07) is 9.05. The standard InChI is InChI=1S/C21H26O6/c1-11-15-8-14(20(26-5)12(2)22)10-18(25-4)21(15)27-19(11)13-6-7-16(23)17(9-13)24-3/h6-12,19-20,22-23H,1-5H3. The van der Waals surface area contributed by atoms with Gasteiger partial charge in [-0.15, -0.1) is 0 Å². The van der Waals surface area contributed by atoms with Crippen LogP contribution in [0.2, 0.25) is 0 Å². The van der Waals surface area contributed by atoms with E-state index in [1.807, 2.05) is 18.2 Å². The molecule has 6 heteroatoms. The number of aliphatic hydroxyl groups excluding tert-OH is 1. The fourth-order valence-corrected chi connectivity index (χ4v) is 3.66. The molecular formula is C21H26O6. The smallest absolute Gasteiger partial charge is 0.165 e. The Bertz CT molecular complexity index is 817. The van der Waals surface area contributed by atoms with Gasteiger partial charge in [0.05, 0.1) is 20.3 Å². The maximum absolute atomic E-state index is 10.0. The third kappa shape index (κ3) is 3.42. The summed E-state index contributed by atoms with van der Waals surface area (Å²) in [6.45, 7) is 3.77. The Kier molecular flexibility index (Phi) is 5.48. The van der Waals surface area contributed by atoms with Crippen molar-refractivity contribution < 1.29 is 29.2 Å². The number of ether oxygens (including phenoxy) is 4. The Hall–Kier alpha value is -2.44. The highest BCUT2D eigenvalue weighted by Crippen LogP contribution is 2.52. The van der Waals surface area contributed by atoms with Crippen molar-refractivity contribution in [1.82, 2.24) is 0 Å². The van der Waals surface area contributed by atoms with Crippen molar-refractivity contribution in [1.29, 1.82) is 0 Å². The summed E-state index contributed by atoms with van der Waals surface area (Å²) in [5.41, 5.74) is 2.72. The summed E-state index contributed by atoms with van der Waals surface area (Å²) < 4.78 is 22.4. The van der Waals surface area contributed by atoms with E-state index >= 15 is 0 Å². The first-order valence-electron chi connectivity index (χ1n) is 8.87. The van der Waals surface area contributed by atoms with Gasteiger partial charge in [0.25, 0.3) is 0 Å². The quantitative estimate of drug-likeness (QED) is 0.803. The minimum absolute atomic E-state index is 0.0367. The molecule has 1 aliphatic rings. The van der Waals surface area contributed by atoms with Crippen LogP contribution in [0.4, 0.5) is 0 Å². The van der Waals surface area contributed by atoms with Crippen molar-refractivity contribution in [3.63, 3.8) is 0 Å². The molecule has 0 saturated carbocycles. The van der Waals surface area contributed by atoms with Gasteiger partial charge >= 0.3 is 0 Å². The summed E-state index contributed by atoms with van der Waals surface area (Å²) in [5.74, 6) is 1.82. The zero-order chi connectivity index (χ0) is 19.7. The highest BCUT2D eigenvalue weighted by molar-refractivity contribution is 5.56. The van der Waals surface area contributed by atoms with Gasteiger partial charge in [-0.1, -0.05) is 13.0 Å². The highest BCUT2D eigenvalue weighted by Gasteiger charge is 2.36. The van der Waals surface area contributed by atoms with Gasteiger partial charge in [-0.25, -0.2) is 0 Å². The number of methoxy groups -OCH3 is 3. The Morgan fingerprint density at radius 1 is 1.04 bits per heavy atom. The van der Waals surface area contributed by atoms with Gasteiger partial charge in [-0.05, 0) is 42.3 Å². The van der Waals surface area contributed by atoms with Crippen LogP contribution in [0.3, 0.4) is 0 Å². The van der Waals surface area contributed by atoms with Crippen LogP contribution in [0, 0.1) is 0 Å². The zero-order valence-electron chi connectivity index (χ0n) is 16.2. The van der Waals surface area contributed by atoms with Gasteiger partial charge in [0.1, 0.15) is 12.2 Å². The van der Waals surface area contributed by atoms with Crippen molar-refractivity contribution in [2.45, 2.75) is 38.1 Å². The van der Waals surface area contributed by atoms with Crippen LogP contribution in [0.15, 0.2) is 30.3 Å². The van der Waals surface area contributed by atoms with Crippen LogP contribution >= 0.6 is 0 Å². The molecule has 146 valence electrons. The van der Waals surface area contributed by atoms with Gasteiger partial charge in [0.2, 0.25) is 0 Å². The summed E-state index contributed by atoms with van der Waals surface area (Å²) in [6.07, 6.45) is -1.36. The second kappa shape index (κ2) is 7.66. The number of aromatic hydroxyl groups is 1. The SMILES string of the molecule is COc1cc(C2Oc3c(OC)cc(C(OC)C(C)O)cc3C2C)ccc1O. The maximum Gasteiger partial charge on any atom is 0.165 e. The maximum atomic E-state index is 10.0. The number of hydrogen-bond acceptors (Lipinski definition) is 6. The molecule has 2 aromatic carbocycles. The lowest BCUT2D eigenvalue weighted by Crippen LogP contribution is -2.16. The van der Waals surface area contributed by atoms with Crippen LogP contribution in [-0.4, -0.2) is 37.6 Å². The molecule has 0 radical (unpaired) electrons. The predicted octanol–water partition coefficient (Wildman–Crippen LogP) is 3.71. The molecule has 3 rings (SSSR count).